The molecular formula is C10H9N3O2. The van der Waals surface area contributed by atoms with Crippen molar-refractivity contribution in [2.75, 3.05) is 0 Å². The lowest BCUT2D eigenvalue weighted by Gasteiger charge is -1.94. The lowest BCUT2D eigenvalue weighted by Crippen LogP contribution is -2.00. The Labute approximate surface area is 85.4 Å². The molecule has 5 nitrogen and oxygen atoms in total. The Bertz CT molecular complexity index is 543. The van der Waals surface area contributed by atoms with E-state index in [1.807, 2.05) is 0 Å². The number of carboxylic acids is 1. The van der Waals surface area contributed by atoms with Gasteiger partial charge in [-0.2, -0.15) is 5.10 Å². The van der Waals surface area contributed by atoms with Crippen molar-refractivity contribution in [3.8, 4) is 0 Å². The van der Waals surface area contributed by atoms with Crippen LogP contribution in [0.25, 0.3) is 5.65 Å². The van der Waals surface area contributed by atoms with Crippen LogP contribution in [0.2, 0.25) is 0 Å². The Morgan fingerprint density at radius 3 is 3.00 bits per heavy atom. The first-order valence-electron chi connectivity index (χ1n) is 4.84. The molecule has 1 aliphatic carbocycles. The van der Waals surface area contributed by atoms with Crippen molar-refractivity contribution in [2.45, 2.75) is 18.8 Å². The smallest absolute Gasteiger partial charge is 0.356 e. The van der Waals surface area contributed by atoms with E-state index in [0.717, 1.165) is 18.4 Å². The van der Waals surface area contributed by atoms with Gasteiger partial charge in [-0.15, -0.1) is 0 Å². The van der Waals surface area contributed by atoms with E-state index in [1.54, 1.807) is 18.5 Å². The molecule has 2 aromatic heterocycles. The number of fused-ring (bicyclic) bond motifs is 1. The van der Waals surface area contributed by atoms with Gasteiger partial charge in [-0.1, -0.05) is 0 Å². The van der Waals surface area contributed by atoms with Gasteiger partial charge in [0.1, 0.15) is 0 Å². The maximum atomic E-state index is 11.0. The number of aromatic carboxylic acids is 1. The molecule has 3 rings (SSSR count). The summed E-state index contributed by atoms with van der Waals surface area (Å²) >= 11 is 0. The van der Waals surface area contributed by atoms with Crippen molar-refractivity contribution in [1.29, 1.82) is 0 Å². The Morgan fingerprint density at radius 1 is 1.53 bits per heavy atom. The highest BCUT2D eigenvalue weighted by molar-refractivity contribution is 5.89. The molecule has 2 heterocycles. The first-order valence-corrected chi connectivity index (χ1v) is 4.84. The van der Waals surface area contributed by atoms with Gasteiger partial charge in [0.25, 0.3) is 0 Å². The minimum atomic E-state index is -0.970. The zero-order valence-corrected chi connectivity index (χ0v) is 7.92. The van der Waals surface area contributed by atoms with Crippen molar-refractivity contribution in [2.24, 2.45) is 0 Å². The van der Waals surface area contributed by atoms with E-state index >= 15 is 0 Å². The second-order valence-corrected chi connectivity index (χ2v) is 3.73. The van der Waals surface area contributed by atoms with Crippen molar-refractivity contribution in [3.05, 3.63) is 29.7 Å². The second kappa shape index (κ2) is 2.79. The van der Waals surface area contributed by atoms with E-state index in [0.29, 0.717) is 11.6 Å². The molecule has 5 heteroatoms. The van der Waals surface area contributed by atoms with Crippen LogP contribution in [-0.4, -0.2) is 25.7 Å². The summed E-state index contributed by atoms with van der Waals surface area (Å²) in [6.07, 6.45) is 5.46. The number of rotatable bonds is 2. The molecule has 0 spiro atoms. The third-order valence-corrected chi connectivity index (χ3v) is 2.62. The fourth-order valence-corrected chi connectivity index (χ4v) is 1.81. The van der Waals surface area contributed by atoms with Crippen molar-refractivity contribution in [1.82, 2.24) is 14.6 Å². The molecule has 0 saturated heterocycles. The van der Waals surface area contributed by atoms with Gasteiger partial charge in [-0.05, 0) is 24.8 Å². The highest BCUT2D eigenvalue weighted by Gasteiger charge is 2.33. The monoisotopic (exact) mass is 203 g/mol. The summed E-state index contributed by atoms with van der Waals surface area (Å²) in [7, 11) is 0. The summed E-state index contributed by atoms with van der Waals surface area (Å²) in [4.78, 5) is 15.2. The quantitative estimate of drug-likeness (QED) is 0.798. The van der Waals surface area contributed by atoms with Crippen LogP contribution in [-0.2, 0) is 0 Å². The predicted molar refractivity (Wildman–Crippen MR) is 51.9 cm³/mol. The summed E-state index contributed by atoms with van der Waals surface area (Å²) in [5.74, 6) is -0.633. The maximum Gasteiger partial charge on any atom is 0.356 e. The molecule has 0 amide bonds. The van der Waals surface area contributed by atoms with Gasteiger partial charge < -0.3 is 5.11 Å². The van der Waals surface area contributed by atoms with Gasteiger partial charge in [0.15, 0.2) is 11.3 Å². The van der Waals surface area contributed by atoms with E-state index in [1.165, 1.54) is 4.52 Å². The van der Waals surface area contributed by atoms with E-state index in [2.05, 4.69) is 10.1 Å². The highest BCUT2D eigenvalue weighted by atomic mass is 16.4. The van der Waals surface area contributed by atoms with Gasteiger partial charge in [0.05, 0.1) is 0 Å². The van der Waals surface area contributed by atoms with Crippen molar-refractivity contribution >= 4 is 11.6 Å². The lowest BCUT2D eigenvalue weighted by molar-refractivity contribution is 0.0689. The second-order valence-electron chi connectivity index (χ2n) is 3.73. The number of nitrogens with zero attached hydrogens (tertiary/aromatic N) is 3. The van der Waals surface area contributed by atoms with Crippen LogP contribution >= 0.6 is 0 Å². The van der Waals surface area contributed by atoms with E-state index in [4.69, 9.17) is 5.11 Å². The number of carbonyl (C=O) groups is 1. The molecule has 0 aromatic carbocycles. The average molecular weight is 203 g/mol. The molecular weight excluding hydrogens is 194 g/mol. The van der Waals surface area contributed by atoms with Crippen LogP contribution in [0.1, 0.15) is 34.8 Å². The molecule has 0 bridgehead atoms. The van der Waals surface area contributed by atoms with E-state index < -0.39 is 5.97 Å². The number of hydrogen-bond donors (Lipinski definition) is 1. The van der Waals surface area contributed by atoms with Crippen LogP contribution in [0.5, 0.6) is 0 Å². The van der Waals surface area contributed by atoms with Gasteiger partial charge >= 0.3 is 5.97 Å². The molecule has 1 N–H and O–H groups in total. The van der Waals surface area contributed by atoms with Gasteiger partial charge in [0.2, 0.25) is 0 Å². The molecule has 0 unspecified atom stereocenters. The largest absolute Gasteiger partial charge is 0.476 e. The summed E-state index contributed by atoms with van der Waals surface area (Å²) in [6.45, 7) is 0. The minimum absolute atomic E-state index is 0.149. The van der Waals surface area contributed by atoms with Crippen molar-refractivity contribution < 1.29 is 9.90 Å². The summed E-state index contributed by atoms with van der Waals surface area (Å²) in [5.41, 5.74) is 1.62. The fraction of sp³-hybridized carbons (Fsp3) is 0.300. The molecule has 1 fully saturated rings. The third-order valence-electron chi connectivity index (χ3n) is 2.62. The SMILES string of the molecule is O=C(O)c1nn2cccnc2c1C1CC1. The summed E-state index contributed by atoms with van der Waals surface area (Å²) in [6, 6.07) is 1.74. The van der Waals surface area contributed by atoms with Crippen LogP contribution < -0.4 is 0 Å². The zero-order valence-electron chi connectivity index (χ0n) is 7.92. The number of aromatic nitrogens is 3. The Kier molecular flexibility index (Phi) is 1.56. The Morgan fingerprint density at radius 2 is 2.33 bits per heavy atom. The van der Waals surface area contributed by atoms with Crippen molar-refractivity contribution in [3.63, 3.8) is 0 Å². The highest BCUT2D eigenvalue weighted by Crippen LogP contribution is 2.43. The van der Waals surface area contributed by atoms with Gasteiger partial charge in [0, 0.05) is 18.0 Å². The normalized spacial score (nSPS) is 15.7. The average Bonchev–Trinajstić information content (AvgIpc) is 2.98. The molecule has 2 aromatic rings. The molecule has 0 radical (unpaired) electrons. The summed E-state index contributed by atoms with van der Waals surface area (Å²) in [5, 5.41) is 13.1. The Balaban J connectivity index is 2.33. The standard InChI is InChI=1S/C10H9N3O2/c14-10(15)8-7(6-2-3-6)9-11-4-1-5-13(9)12-8/h1,4-6H,2-3H2,(H,14,15). The minimum Gasteiger partial charge on any atom is -0.476 e. The molecule has 0 atom stereocenters. The lowest BCUT2D eigenvalue weighted by atomic mass is 10.1. The topological polar surface area (TPSA) is 67.5 Å². The molecule has 15 heavy (non-hydrogen) atoms. The molecule has 1 saturated carbocycles. The van der Waals surface area contributed by atoms with Crippen LogP contribution in [0.3, 0.4) is 0 Å². The fourth-order valence-electron chi connectivity index (χ4n) is 1.81. The first-order chi connectivity index (χ1) is 7.27. The van der Waals surface area contributed by atoms with Crippen LogP contribution in [0.15, 0.2) is 18.5 Å². The number of hydrogen-bond acceptors (Lipinski definition) is 3. The molecule has 76 valence electrons. The summed E-state index contributed by atoms with van der Waals surface area (Å²) < 4.78 is 1.54. The Hall–Kier alpha value is -1.91. The number of carboxylic acid groups (broad SMARTS) is 1. The predicted octanol–water partition coefficient (Wildman–Crippen LogP) is 1.30. The van der Waals surface area contributed by atoms with E-state index in [-0.39, 0.29) is 5.69 Å². The maximum absolute atomic E-state index is 11.0. The third kappa shape index (κ3) is 1.20. The molecule has 1 aliphatic rings. The van der Waals surface area contributed by atoms with Crippen LogP contribution in [0.4, 0.5) is 0 Å². The van der Waals surface area contributed by atoms with Gasteiger partial charge in [-0.25, -0.2) is 14.3 Å². The first kappa shape index (κ1) is 8.40. The van der Waals surface area contributed by atoms with Gasteiger partial charge in [-0.3, -0.25) is 0 Å². The van der Waals surface area contributed by atoms with Crippen LogP contribution in [0, 0.1) is 0 Å². The van der Waals surface area contributed by atoms with E-state index in [9.17, 15) is 4.79 Å². The zero-order chi connectivity index (χ0) is 10.4. The molecule has 0 aliphatic heterocycles.